The van der Waals surface area contributed by atoms with Gasteiger partial charge in [0.25, 0.3) is 5.91 Å². The predicted molar refractivity (Wildman–Crippen MR) is 137 cm³/mol. The van der Waals surface area contributed by atoms with Crippen molar-refractivity contribution < 1.29 is 23.9 Å². The molecule has 0 unspecified atom stereocenters. The van der Waals surface area contributed by atoms with E-state index in [1.807, 2.05) is 38.1 Å². The lowest BCUT2D eigenvalue weighted by Gasteiger charge is -2.14. The first kappa shape index (κ1) is 24.5. The van der Waals surface area contributed by atoms with E-state index in [2.05, 4.69) is 10.6 Å². The highest BCUT2D eigenvalue weighted by Crippen LogP contribution is 2.38. The topological polar surface area (TPSA) is 93.7 Å². The number of amides is 1. The number of esters is 2. The number of carbonyl (C=O) groups is 3. The van der Waals surface area contributed by atoms with E-state index in [0.717, 1.165) is 52.9 Å². The number of benzene rings is 2. The molecule has 8 heteroatoms. The standard InChI is InChI=1S/C27H28N2O5S/c1-16-9-8-13-20(17(16)2)28-21-12-6-4-10-18(21)26(31)34-15-23(30)29-25-24(27(32)33-3)19-11-5-7-14-22(19)35-25/h4,6,8-10,12-13,28H,5,7,11,14-15H2,1-3H3,(H,29,30). The quantitative estimate of drug-likeness (QED) is 0.419. The molecule has 0 spiro atoms. The van der Waals surface area contributed by atoms with Crippen molar-refractivity contribution >= 4 is 45.6 Å². The van der Waals surface area contributed by atoms with Gasteiger partial charge in [-0.2, -0.15) is 0 Å². The second-order valence-corrected chi connectivity index (χ2v) is 9.55. The van der Waals surface area contributed by atoms with Crippen LogP contribution in [0.4, 0.5) is 16.4 Å². The summed E-state index contributed by atoms with van der Waals surface area (Å²) in [6.07, 6.45) is 3.70. The van der Waals surface area contributed by atoms with Crippen molar-refractivity contribution in [1.29, 1.82) is 0 Å². The van der Waals surface area contributed by atoms with Gasteiger partial charge in [0.05, 0.1) is 23.9 Å². The molecule has 1 heterocycles. The minimum absolute atomic E-state index is 0.322. The molecule has 1 amide bonds. The van der Waals surface area contributed by atoms with Gasteiger partial charge in [-0.3, -0.25) is 4.79 Å². The first-order valence-electron chi connectivity index (χ1n) is 11.5. The van der Waals surface area contributed by atoms with Crippen molar-refractivity contribution in [3.05, 3.63) is 75.2 Å². The van der Waals surface area contributed by atoms with Crippen LogP contribution in [0, 0.1) is 13.8 Å². The average molecular weight is 493 g/mol. The third-order valence-corrected chi connectivity index (χ3v) is 7.38. The summed E-state index contributed by atoms with van der Waals surface area (Å²) in [7, 11) is 1.33. The zero-order chi connectivity index (χ0) is 24.9. The fourth-order valence-corrected chi connectivity index (χ4v) is 5.44. The third-order valence-electron chi connectivity index (χ3n) is 6.17. The van der Waals surface area contributed by atoms with Gasteiger partial charge in [0.1, 0.15) is 5.00 Å². The first-order valence-corrected chi connectivity index (χ1v) is 12.3. The molecule has 0 aliphatic heterocycles. The maximum atomic E-state index is 12.8. The summed E-state index contributed by atoms with van der Waals surface area (Å²) in [4.78, 5) is 38.9. The Morgan fingerprint density at radius 3 is 2.49 bits per heavy atom. The van der Waals surface area contributed by atoms with Crippen LogP contribution in [0.1, 0.15) is 55.1 Å². The number of anilines is 3. The summed E-state index contributed by atoms with van der Waals surface area (Å²) in [5, 5.41) is 6.48. The predicted octanol–water partition coefficient (Wildman–Crippen LogP) is 5.57. The molecule has 35 heavy (non-hydrogen) atoms. The molecule has 0 saturated heterocycles. The fraction of sp³-hybridized carbons (Fsp3) is 0.296. The van der Waals surface area contributed by atoms with Gasteiger partial charge in [0.15, 0.2) is 6.61 Å². The van der Waals surface area contributed by atoms with Gasteiger partial charge in [-0.25, -0.2) is 9.59 Å². The monoisotopic (exact) mass is 492 g/mol. The molecule has 0 fully saturated rings. The van der Waals surface area contributed by atoms with Crippen LogP contribution in [0.2, 0.25) is 0 Å². The highest BCUT2D eigenvalue weighted by atomic mass is 32.1. The maximum absolute atomic E-state index is 12.8. The van der Waals surface area contributed by atoms with Gasteiger partial charge < -0.3 is 20.1 Å². The van der Waals surface area contributed by atoms with Gasteiger partial charge in [-0.05, 0) is 74.4 Å². The van der Waals surface area contributed by atoms with Gasteiger partial charge in [-0.15, -0.1) is 11.3 Å². The zero-order valence-electron chi connectivity index (χ0n) is 20.0. The molecule has 1 aliphatic carbocycles. The highest BCUT2D eigenvalue weighted by molar-refractivity contribution is 7.17. The van der Waals surface area contributed by atoms with E-state index in [1.54, 1.807) is 18.2 Å². The maximum Gasteiger partial charge on any atom is 0.341 e. The number of ether oxygens (including phenoxy) is 2. The summed E-state index contributed by atoms with van der Waals surface area (Å²) in [6.45, 7) is 3.56. The summed E-state index contributed by atoms with van der Waals surface area (Å²) in [5.74, 6) is -1.60. The van der Waals surface area contributed by atoms with Crippen molar-refractivity contribution in [2.24, 2.45) is 0 Å². The van der Waals surface area contributed by atoms with E-state index < -0.39 is 24.5 Å². The molecule has 182 valence electrons. The van der Waals surface area contributed by atoms with Crippen molar-refractivity contribution in [3.63, 3.8) is 0 Å². The van der Waals surface area contributed by atoms with E-state index in [4.69, 9.17) is 9.47 Å². The highest BCUT2D eigenvalue weighted by Gasteiger charge is 2.27. The van der Waals surface area contributed by atoms with Gasteiger partial charge in [-0.1, -0.05) is 24.3 Å². The molecule has 0 atom stereocenters. The summed E-state index contributed by atoms with van der Waals surface area (Å²) < 4.78 is 10.3. The van der Waals surface area contributed by atoms with E-state index in [1.165, 1.54) is 18.4 Å². The first-order chi connectivity index (χ1) is 16.9. The van der Waals surface area contributed by atoms with Crippen LogP contribution in [0.5, 0.6) is 0 Å². The molecule has 4 rings (SSSR count). The van der Waals surface area contributed by atoms with Crippen LogP contribution in [0.3, 0.4) is 0 Å². The lowest BCUT2D eigenvalue weighted by molar-refractivity contribution is -0.119. The van der Waals surface area contributed by atoms with Crippen molar-refractivity contribution in [2.75, 3.05) is 24.4 Å². The second kappa shape index (κ2) is 10.7. The number of thiophene rings is 1. The molecule has 0 radical (unpaired) electrons. The average Bonchev–Trinajstić information content (AvgIpc) is 3.23. The van der Waals surface area contributed by atoms with Crippen LogP contribution in [0.15, 0.2) is 42.5 Å². The molecule has 0 saturated carbocycles. The van der Waals surface area contributed by atoms with Crippen LogP contribution < -0.4 is 10.6 Å². The molecule has 2 aromatic carbocycles. The van der Waals surface area contributed by atoms with Gasteiger partial charge in [0, 0.05) is 10.6 Å². The van der Waals surface area contributed by atoms with Crippen molar-refractivity contribution in [1.82, 2.24) is 0 Å². The largest absolute Gasteiger partial charge is 0.465 e. The van der Waals surface area contributed by atoms with E-state index >= 15 is 0 Å². The fourth-order valence-electron chi connectivity index (χ4n) is 4.15. The molecular weight excluding hydrogens is 464 g/mol. The summed E-state index contributed by atoms with van der Waals surface area (Å²) in [5.41, 5.74) is 5.37. The summed E-state index contributed by atoms with van der Waals surface area (Å²) >= 11 is 1.39. The lowest BCUT2D eigenvalue weighted by Crippen LogP contribution is -2.22. The Morgan fingerprint density at radius 1 is 0.943 bits per heavy atom. The Balaban J connectivity index is 1.45. The van der Waals surface area contributed by atoms with E-state index in [-0.39, 0.29) is 0 Å². The SMILES string of the molecule is COC(=O)c1c(NC(=O)COC(=O)c2ccccc2Nc2cccc(C)c2C)sc2c1CCCC2. The van der Waals surface area contributed by atoms with Gasteiger partial charge in [0.2, 0.25) is 0 Å². The normalized spacial score (nSPS) is 12.4. The van der Waals surface area contributed by atoms with Crippen molar-refractivity contribution in [2.45, 2.75) is 39.5 Å². The third kappa shape index (κ3) is 5.38. The Kier molecular flexibility index (Phi) is 7.51. The van der Waals surface area contributed by atoms with E-state index in [9.17, 15) is 14.4 Å². The number of methoxy groups -OCH3 is 1. The Labute approximate surface area is 208 Å². The smallest absolute Gasteiger partial charge is 0.341 e. The molecule has 1 aromatic heterocycles. The molecule has 1 aliphatic rings. The molecule has 2 N–H and O–H groups in total. The number of para-hydroxylation sites is 1. The number of carbonyl (C=O) groups excluding carboxylic acids is 3. The number of hydrogen-bond acceptors (Lipinski definition) is 7. The van der Waals surface area contributed by atoms with E-state index in [0.29, 0.717) is 21.8 Å². The lowest BCUT2D eigenvalue weighted by atomic mass is 9.95. The number of rotatable bonds is 7. The molecular formula is C27H28N2O5S. The number of hydrogen-bond donors (Lipinski definition) is 2. The Bertz CT molecular complexity index is 1280. The number of aryl methyl sites for hydroxylation is 2. The number of nitrogens with one attached hydrogen (secondary N) is 2. The summed E-state index contributed by atoms with van der Waals surface area (Å²) in [6, 6.07) is 12.9. The van der Waals surface area contributed by atoms with Gasteiger partial charge >= 0.3 is 11.9 Å². The van der Waals surface area contributed by atoms with Crippen molar-refractivity contribution in [3.8, 4) is 0 Å². The Morgan fingerprint density at radius 2 is 1.69 bits per heavy atom. The molecule has 0 bridgehead atoms. The second-order valence-electron chi connectivity index (χ2n) is 8.45. The molecule has 7 nitrogen and oxygen atoms in total. The molecule has 3 aromatic rings. The minimum atomic E-state index is -0.618. The number of fused-ring (bicyclic) bond motifs is 1. The van der Waals surface area contributed by atoms with Crippen LogP contribution in [0.25, 0.3) is 0 Å². The van der Waals surface area contributed by atoms with Crippen LogP contribution in [-0.4, -0.2) is 31.6 Å². The Hall–Kier alpha value is -3.65. The van der Waals surface area contributed by atoms with Crippen LogP contribution >= 0.6 is 11.3 Å². The minimum Gasteiger partial charge on any atom is -0.465 e. The zero-order valence-corrected chi connectivity index (χ0v) is 20.8. The van der Waals surface area contributed by atoms with Crippen LogP contribution in [-0.2, 0) is 27.1 Å².